The fourth-order valence-electron chi connectivity index (χ4n) is 3.07. The predicted molar refractivity (Wildman–Crippen MR) is 112 cm³/mol. The molecule has 1 atom stereocenters. The summed E-state index contributed by atoms with van der Waals surface area (Å²) >= 11 is 9.85. The number of ether oxygens (including phenoxy) is 3. The van der Waals surface area contributed by atoms with Crippen molar-refractivity contribution in [2.24, 2.45) is 0 Å². The molecule has 0 aromatic heterocycles. The minimum atomic E-state index is 0.332. The molecular weight excluding hydrogens is 430 g/mol. The lowest BCUT2D eigenvalue weighted by molar-refractivity contribution is 0.110. The summed E-state index contributed by atoms with van der Waals surface area (Å²) in [6.45, 7) is 5.42. The van der Waals surface area contributed by atoms with Crippen molar-refractivity contribution in [2.45, 2.75) is 39.0 Å². The Morgan fingerprint density at radius 1 is 1.26 bits per heavy atom. The lowest BCUT2D eigenvalue weighted by Crippen LogP contribution is -2.25. The van der Waals surface area contributed by atoms with E-state index in [1.165, 1.54) is 0 Å². The fourth-order valence-corrected chi connectivity index (χ4v) is 3.87. The van der Waals surface area contributed by atoms with Gasteiger partial charge in [0.25, 0.3) is 0 Å². The van der Waals surface area contributed by atoms with Crippen LogP contribution in [-0.2, 0) is 17.9 Å². The van der Waals surface area contributed by atoms with Crippen LogP contribution in [-0.4, -0.2) is 25.9 Å². The van der Waals surface area contributed by atoms with Gasteiger partial charge in [-0.1, -0.05) is 29.8 Å². The van der Waals surface area contributed by atoms with E-state index in [1.807, 2.05) is 37.3 Å². The number of nitrogens with one attached hydrogen (secondary N) is 1. The molecule has 6 heteroatoms. The van der Waals surface area contributed by atoms with E-state index in [4.69, 9.17) is 25.8 Å². The van der Waals surface area contributed by atoms with E-state index >= 15 is 0 Å². The van der Waals surface area contributed by atoms with Gasteiger partial charge in [-0.25, -0.2) is 0 Å². The maximum absolute atomic E-state index is 6.23. The van der Waals surface area contributed by atoms with Gasteiger partial charge in [-0.3, -0.25) is 0 Å². The molecule has 1 aliphatic heterocycles. The molecule has 0 saturated carbocycles. The van der Waals surface area contributed by atoms with Gasteiger partial charge in [-0.05, 0) is 59.5 Å². The number of halogens is 2. The van der Waals surface area contributed by atoms with Crippen molar-refractivity contribution in [3.8, 4) is 11.5 Å². The SMILES string of the molecule is CCOc1cc(CNCC2CCCO2)cc(Br)c1OCc1ccccc1Cl. The quantitative estimate of drug-likeness (QED) is 0.554. The van der Waals surface area contributed by atoms with E-state index in [1.54, 1.807) is 0 Å². The molecule has 1 N–H and O–H groups in total. The van der Waals surface area contributed by atoms with Gasteiger partial charge in [0.2, 0.25) is 0 Å². The van der Waals surface area contributed by atoms with Crippen LogP contribution in [0.25, 0.3) is 0 Å². The minimum Gasteiger partial charge on any atom is -0.490 e. The lowest BCUT2D eigenvalue weighted by Gasteiger charge is -2.17. The van der Waals surface area contributed by atoms with Crippen LogP contribution in [0.2, 0.25) is 5.02 Å². The van der Waals surface area contributed by atoms with E-state index < -0.39 is 0 Å². The summed E-state index contributed by atoms with van der Waals surface area (Å²) in [6.07, 6.45) is 2.62. The number of hydrogen-bond donors (Lipinski definition) is 1. The third-order valence-corrected chi connectivity index (χ3v) is 5.38. The Balaban J connectivity index is 1.66. The largest absolute Gasteiger partial charge is 0.490 e. The summed E-state index contributed by atoms with van der Waals surface area (Å²) < 4.78 is 18.4. The zero-order chi connectivity index (χ0) is 19.1. The van der Waals surface area contributed by atoms with Gasteiger partial charge in [0, 0.05) is 30.3 Å². The third kappa shape index (κ3) is 5.85. The molecule has 3 rings (SSSR count). The maximum Gasteiger partial charge on any atom is 0.175 e. The summed E-state index contributed by atoms with van der Waals surface area (Å²) in [5.41, 5.74) is 2.07. The van der Waals surface area contributed by atoms with E-state index in [9.17, 15) is 0 Å². The predicted octanol–water partition coefficient (Wildman–Crippen LogP) is 5.35. The molecule has 0 aliphatic carbocycles. The first-order valence-corrected chi connectivity index (χ1v) is 10.5. The van der Waals surface area contributed by atoms with Crippen molar-refractivity contribution in [3.63, 3.8) is 0 Å². The molecule has 2 aromatic carbocycles. The Kier molecular flexibility index (Phi) is 7.82. The molecular formula is C21H25BrClNO3. The van der Waals surface area contributed by atoms with Crippen LogP contribution >= 0.6 is 27.5 Å². The van der Waals surface area contributed by atoms with Crippen molar-refractivity contribution in [2.75, 3.05) is 19.8 Å². The number of benzene rings is 2. The van der Waals surface area contributed by atoms with Gasteiger partial charge in [-0.2, -0.15) is 0 Å². The molecule has 0 amide bonds. The van der Waals surface area contributed by atoms with Gasteiger partial charge in [-0.15, -0.1) is 0 Å². The molecule has 1 fully saturated rings. The van der Waals surface area contributed by atoms with Gasteiger partial charge in [0.1, 0.15) is 6.61 Å². The van der Waals surface area contributed by atoms with E-state index in [2.05, 4.69) is 27.3 Å². The van der Waals surface area contributed by atoms with Crippen LogP contribution in [0.1, 0.15) is 30.9 Å². The van der Waals surface area contributed by atoms with Gasteiger partial charge in [0.15, 0.2) is 11.5 Å². The average Bonchev–Trinajstić information content (AvgIpc) is 3.16. The summed E-state index contributed by atoms with van der Waals surface area (Å²) in [5.74, 6) is 1.42. The second-order valence-corrected chi connectivity index (χ2v) is 7.75. The molecule has 0 bridgehead atoms. The minimum absolute atomic E-state index is 0.332. The number of hydrogen-bond acceptors (Lipinski definition) is 4. The highest BCUT2D eigenvalue weighted by Crippen LogP contribution is 2.37. The van der Waals surface area contributed by atoms with Gasteiger partial charge in [0.05, 0.1) is 17.2 Å². The molecule has 0 radical (unpaired) electrons. The molecule has 1 saturated heterocycles. The molecule has 27 heavy (non-hydrogen) atoms. The highest BCUT2D eigenvalue weighted by Gasteiger charge is 2.16. The normalized spacial score (nSPS) is 16.5. The van der Waals surface area contributed by atoms with Crippen LogP contribution in [0.3, 0.4) is 0 Å². The van der Waals surface area contributed by atoms with Crippen LogP contribution in [0.5, 0.6) is 11.5 Å². The van der Waals surface area contributed by atoms with Gasteiger partial charge >= 0.3 is 0 Å². The van der Waals surface area contributed by atoms with Gasteiger partial charge < -0.3 is 19.5 Å². The first-order valence-electron chi connectivity index (χ1n) is 9.31. The summed E-state index contributed by atoms with van der Waals surface area (Å²) in [5, 5.41) is 4.16. The van der Waals surface area contributed by atoms with Crippen molar-refractivity contribution in [1.29, 1.82) is 0 Å². The van der Waals surface area contributed by atoms with Crippen molar-refractivity contribution >= 4 is 27.5 Å². The molecule has 1 aliphatic rings. The molecule has 1 heterocycles. The standard InChI is InChI=1S/C21H25BrClNO3/c1-2-25-20-11-15(12-24-13-17-7-5-9-26-17)10-18(22)21(20)27-14-16-6-3-4-8-19(16)23/h3-4,6,8,10-11,17,24H,2,5,7,9,12-14H2,1H3. The van der Waals surface area contributed by atoms with Crippen LogP contribution in [0, 0.1) is 0 Å². The highest BCUT2D eigenvalue weighted by atomic mass is 79.9. The number of rotatable bonds is 9. The Hall–Kier alpha value is -1.27. The summed E-state index contributed by atoms with van der Waals surface area (Å²) in [4.78, 5) is 0. The average molecular weight is 455 g/mol. The lowest BCUT2D eigenvalue weighted by atomic mass is 10.2. The third-order valence-electron chi connectivity index (χ3n) is 4.42. The van der Waals surface area contributed by atoms with Crippen molar-refractivity contribution in [1.82, 2.24) is 5.32 Å². The monoisotopic (exact) mass is 453 g/mol. The summed E-state index contributed by atoms with van der Waals surface area (Å²) in [6, 6.07) is 11.8. The highest BCUT2D eigenvalue weighted by molar-refractivity contribution is 9.10. The second-order valence-electron chi connectivity index (χ2n) is 6.48. The molecule has 0 spiro atoms. The molecule has 1 unspecified atom stereocenters. The first kappa shape index (κ1) is 20.5. The van der Waals surface area contributed by atoms with Crippen LogP contribution < -0.4 is 14.8 Å². The molecule has 4 nitrogen and oxygen atoms in total. The van der Waals surface area contributed by atoms with Crippen molar-refractivity contribution < 1.29 is 14.2 Å². The first-order chi connectivity index (χ1) is 13.2. The van der Waals surface area contributed by atoms with E-state index in [0.717, 1.165) is 53.9 Å². The zero-order valence-electron chi connectivity index (χ0n) is 15.5. The topological polar surface area (TPSA) is 39.7 Å². The van der Waals surface area contributed by atoms with E-state index in [0.29, 0.717) is 30.1 Å². The molecule has 146 valence electrons. The Morgan fingerprint density at radius 3 is 2.85 bits per heavy atom. The van der Waals surface area contributed by atoms with Crippen molar-refractivity contribution in [3.05, 3.63) is 57.0 Å². The Labute approximate surface area is 174 Å². The Morgan fingerprint density at radius 2 is 2.11 bits per heavy atom. The fraction of sp³-hybridized carbons (Fsp3) is 0.429. The maximum atomic E-state index is 6.23. The smallest absolute Gasteiger partial charge is 0.175 e. The van der Waals surface area contributed by atoms with Crippen LogP contribution in [0.15, 0.2) is 40.9 Å². The van der Waals surface area contributed by atoms with Crippen LogP contribution in [0.4, 0.5) is 0 Å². The summed E-state index contributed by atoms with van der Waals surface area (Å²) in [7, 11) is 0. The van der Waals surface area contributed by atoms with E-state index in [-0.39, 0.29) is 0 Å². The Bertz CT molecular complexity index is 750. The molecule has 2 aromatic rings. The second kappa shape index (κ2) is 10.3. The zero-order valence-corrected chi connectivity index (χ0v) is 17.8.